The van der Waals surface area contributed by atoms with Crippen molar-refractivity contribution < 1.29 is 22.7 Å². The SMILES string of the molecule is CC[C@H](C(=O)NC(C)(C)C)N(Cc1ccc(OC)cc1)C(=O)CN(c1ccc(C)cc1)S(=O)(=O)c1ccc(C)cc1. The van der Waals surface area contributed by atoms with Crippen LogP contribution in [-0.4, -0.2) is 50.4 Å². The van der Waals surface area contributed by atoms with Crippen molar-refractivity contribution in [1.82, 2.24) is 10.2 Å². The molecular formula is C32H41N3O5S. The van der Waals surface area contributed by atoms with Crippen molar-refractivity contribution in [2.45, 2.75) is 71.0 Å². The molecule has 1 N–H and O–H groups in total. The summed E-state index contributed by atoms with van der Waals surface area (Å²) in [5.41, 5.74) is 2.51. The maximum Gasteiger partial charge on any atom is 0.264 e. The first-order valence-corrected chi connectivity index (χ1v) is 15.1. The number of carbonyl (C=O) groups excluding carboxylic acids is 2. The van der Waals surface area contributed by atoms with E-state index in [0.717, 1.165) is 21.0 Å². The Morgan fingerprint density at radius 2 is 1.41 bits per heavy atom. The van der Waals surface area contributed by atoms with Gasteiger partial charge < -0.3 is 15.0 Å². The van der Waals surface area contributed by atoms with Crippen molar-refractivity contribution >= 4 is 27.5 Å². The molecular weight excluding hydrogens is 538 g/mol. The van der Waals surface area contributed by atoms with E-state index in [2.05, 4.69) is 5.32 Å². The highest BCUT2D eigenvalue weighted by Gasteiger charge is 2.34. The van der Waals surface area contributed by atoms with E-state index in [4.69, 9.17) is 4.74 Å². The molecule has 3 aromatic carbocycles. The van der Waals surface area contributed by atoms with E-state index in [0.29, 0.717) is 17.9 Å². The van der Waals surface area contributed by atoms with E-state index in [1.165, 1.54) is 17.0 Å². The first-order chi connectivity index (χ1) is 19.2. The molecule has 0 bridgehead atoms. The fourth-order valence-corrected chi connectivity index (χ4v) is 5.79. The normalized spacial score (nSPS) is 12.4. The maximum atomic E-state index is 14.1. The van der Waals surface area contributed by atoms with E-state index in [1.807, 2.05) is 53.7 Å². The Balaban J connectivity index is 2.06. The molecule has 0 radical (unpaired) electrons. The number of sulfonamides is 1. The van der Waals surface area contributed by atoms with Crippen LogP contribution in [0.5, 0.6) is 5.75 Å². The quantitative estimate of drug-likeness (QED) is 0.336. The summed E-state index contributed by atoms with van der Waals surface area (Å²) in [6.07, 6.45) is 0.346. The van der Waals surface area contributed by atoms with Crippen molar-refractivity contribution in [2.75, 3.05) is 18.0 Å². The first-order valence-electron chi connectivity index (χ1n) is 13.7. The average Bonchev–Trinajstić information content (AvgIpc) is 2.91. The van der Waals surface area contributed by atoms with Crippen LogP contribution in [0.3, 0.4) is 0 Å². The predicted molar refractivity (Wildman–Crippen MR) is 162 cm³/mol. The molecule has 0 aliphatic carbocycles. The highest BCUT2D eigenvalue weighted by atomic mass is 32.2. The molecule has 220 valence electrons. The van der Waals surface area contributed by atoms with Gasteiger partial charge in [-0.2, -0.15) is 0 Å². The van der Waals surface area contributed by atoms with E-state index in [-0.39, 0.29) is 17.3 Å². The summed E-state index contributed by atoms with van der Waals surface area (Å²) < 4.78 is 34.3. The lowest BCUT2D eigenvalue weighted by molar-refractivity contribution is -0.141. The van der Waals surface area contributed by atoms with E-state index in [1.54, 1.807) is 55.6 Å². The molecule has 3 aromatic rings. The zero-order valence-electron chi connectivity index (χ0n) is 25.0. The minimum Gasteiger partial charge on any atom is -0.497 e. The monoisotopic (exact) mass is 579 g/mol. The number of ether oxygens (including phenoxy) is 1. The Kier molecular flexibility index (Phi) is 10.2. The van der Waals surface area contributed by atoms with Crippen LogP contribution in [0.2, 0.25) is 0 Å². The number of methoxy groups -OCH3 is 1. The van der Waals surface area contributed by atoms with E-state index >= 15 is 0 Å². The van der Waals surface area contributed by atoms with E-state index in [9.17, 15) is 18.0 Å². The second kappa shape index (κ2) is 13.2. The van der Waals surface area contributed by atoms with Crippen molar-refractivity contribution in [3.8, 4) is 5.75 Å². The molecule has 0 aliphatic heterocycles. The van der Waals surface area contributed by atoms with Gasteiger partial charge in [0.05, 0.1) is 17.7 Å². The van der Waals surface area contributed by atoms with Crippen LogP contribution < -0.4 is 14.4 Å². The van der Waals surface area contributed by atoms with Crippen molar-refractivity contribution in [3.63, 3.8) is 0 Å². The molecule has 0 fully saturated rings. The molecule has 0 aromatic heterocycles. The van der Waals surface area contributed by atoms with Crippen LogP contribution in [0.25, 0.3) is 0 Å². The van der Waals surface area contributed by atoms with Gasteiger partial charge in [0, 0.05) is 12.1 Å². The third kappa shape index (κ3) is 8.33. The lowest BCUT2D eigenvalue weighted by Crippen LogP contribution is -2.55. The zero-order valence-corrected chi connectivity index (χ0v) is 25.8. The number of benzene rings is 3. The number of carbonyl (C=O) groups is 2. The summed E-state index contributed by atoms with van der Waals surface area (Å²) in [6, 6.07) is 19.9. The van der Waals surface area contributed by atoms with E-state index < -0.39 is 34.1 Å². The molecule has 1 atom stereocenters. The van der Waals surface area contributed by atoms with Crippen LogP contribution in [0, 0.1) is 13.8 Å². The average molecular weight is 580 g/mol. The number of hydrogen-bond acceptors (Lipinski definition) is 5. The minimum absolute atomic E-state index is 0.0793. The van der Waals surface area contributed by atoms with Crippen molar-refractivity contribution in [2.24, 2.45) is 0 Å². The van der Waals surface area contributed by atoms with Gasteiger partial charge in [-0.1, -0.05) is 54.4 Å². The second-order valence-corrected chi connectivity index (χ2v) is 13.1. The molecule has 41 heavy (non-hydrogen) atoms. The Morgan fingerprint density at radius 1 is 0.878 bits per heavy atom. The fraction of sp³-hybridized carbons (Fsp3) is 0.375. The van der Waals surface area contributed by atoms with Crippen LogP contribution in [0.15, 0.2) is 77.7 Å². The van der Waals surface area contributed by atoms with Crippen LogP contribution in [0.1, 0.15) is 50.8 Å². The summed E-state index contributed by atoms with van der Waals surface area (Å²) in [5, 5.41) is 2.98. The van der Waals surface area contributed by atoms with Crippen LogP contribution in [-0.2, 0) is 26.2 Å². The first kappa shape index (κ1) is 31.7. The number of anilines is 1. The van der Waals surface area contributed by atoms with Crippen molar-refractivity contribution in [3.05, 3.63) is 89.5 Å². The van der Waals surface area contributed by atoms with Crippen LogP contribution >= 0.6 is 0 Å². The summed E-state index contributed by atoms with van der Waals surface area (Å²) in [7, 11) is -2.53. The molecule has 0 aliphatic rings. The summed E-state index contributed by atoms with van der Waals surface area (Å²) in [5.74, 6) is -0.128. The molecule has 9 heteroatoms. The maximum absolute atomic E-state index is 14.1. The molecule has 0 heterocycles. The standard InChI is InChI=1S/C32H41N3O5S/c1-8-29(31(37)33-32(4,5)6)34(21-25-13-17-27(40-7)18-14-25)30(36)22-35(26-15-9-23(2)10-16-26)41(38,39)28-19-11-24(3)12-20-28/h9-20,29H,8,21-22H2,1-7H3,(H,33,37)/t29-/m1/s1. The van der Waals surface area contributed by atoms with Gasteiger partial charge in [-0.15, -0.1) is 0 Å². The minimum atomic E-state index is -4.11. The van der Waals surface area contributed by atoms with Gasteiger partial charge in [-0.05, 0) is 83.0 Å². The fourth-order valence-electron chi connectivity index (χ4n) is 4.38. The van der Waals surface area contributed by atoms with Gasteiger partial charge in [0.2, 0.25) is 11.8 Å². The van der Waals surface area contributed by atoms with Gasteiger partial charge in [0.15, 0.2) is 0 Å². The molecule has 0 saturated carbocycles. The Bertz CT molecular complexity index is 1430. The smallest absolute Gasteiger partial charge is 0.264 e. The number of nitrogens with zero attached hydrogens (tertiary/aromatic N) is 2. The number of aryl methyl sites for hydroxylation is 2. The largest absolute Gasteiger partial charge is 0.497 e. The van der Waals surface area contributed by atoms with Gasteiger partial charge in [-0.25, -0.2) is 8.42 Å². The Labute approximate surface area is 244 Å². The number of rotatable bonds is 11. The molecule has 0 unspecified atom stereocenters. The Morgan fingerprint density at radius 3 is 1.90 bits per heavy atom. The van der Waals surface area contributed by atoms with Crippen LogP contribution in [0.4, 0.5) is 5.69 Å². The number of nitrogens with one attached hydrogen (secondary N) is 1. The van der Waals surface area contributed by atoms with Gasteiger partial charge in [-0.3, -0.25) is 13.9 Å². The number of amides is 2. The highest BCUT2D eigenvalue weighted by molar-refractivity contribution is 7.92. The molecule has 8 nitrogen and oxygen atoms in total. The Hall–Kier alpha value is -3.85. The third-order valence-electron chi connectivity index (χ3n) is 6.61. The zero-order chi connectivity index (χ0) is 30.4. The summed E-state index contributed by atoms with van der Waals surface area (Å²) in [4.78, 5) is 29.1. The lowest BCUT2D eigenvalue weighted by atomic mass is 10.1. The third-order valence-corrected chi connectivity index (χ3v) is 8.39. The molecule has 3 rings (SSSR count). The van der Waals surface area contributed by atoms with Gasteiger partial charge in [0.1, 0.15) is 18.3 Å². The predicted octanol–water partition coefficient (Wildman–Crippen LogP) is 5.23. The summed E-state index contributed by atoms with van der Waals surface area (Å²) >= 11 is 0. The molecule has 0 saturated heterocycles. The van der Waals surface area contributed by atoms with Gasteiger partial charge >= 0.3 is 0 Å². The second-order valence-electron chi connectivity index (χ2n) is 11.2. The lowest BCUT2D eigenvalue weighted by Gasteiger charge is -2.34. The van der Waals surface area contributed by atoms with Crippen molar-refractivity contribution in [1.29, 1.82) is 0 Å². The highest BCUT2D eigenvalue weighted by Crippen LogP contribution is 2.26. The van der Waals surface area contributed by atoms with Gasteiger partial charge in [0.25, 0.3) is 10.0 Å². The molecule has 2 amide bonds. The number of hydrogen-bond donors (Lipinski definition) is 1. The topological polar surface area (TPSA) is 96.0 Å². The summed E-state index contributed by atoms with van der Waals surface area (Å²) in [6.45, 7) is 10.9. The molecule has 0 spiro atoms.